The number of esters is 1. The van der Waals surface area contributed by atoms with Crippen LogP contribution in [0, 0.1) is 0 Å². The van der Waals surface area contributed by atoms with E-state index >= 15 is 0 Å². The van der Waals surface area contributed by atoms with Crippen molar-refractivity contribution in [3.05, 3.63) is 11.8 Å². The molecule has 1 heterocycles. The second-order valence-corrected chi connectivity index (χ2v) is 3.73. The summed E-state index contributed by atoms with van der Waals surface area (Å²) >= 11 is 0. The summed E-state index contributed by atoms with van der Waals surface area (Å²) in [5, 5.41) is 0. The molecule has 1 rings (SSSR count). The van der Waals surface area contributed by atoms with Gasteiger partial charge in [0, 0.05) is 12.5 Å². The quantitative estimate of drug-likeness (QED) is 0.625. The Morgan fingerprint density at radius 2 is 2.29 bits per heavy atom. The van der Waals surface area contributed by atoms with Gasteiger partial charge in [-0.2, -0.15) is 0 Å². The third kappa shape index (κ3) is 2.58. The van der Waals surface area contributed by atoms with Gasteiger partial charge >= 0.3 is 5.97 Å². The van der Waals surface area contributed by atoms with Crippen LogP contribution in [0.25, 0.3) is 0 Å². The van der Waals surface area contributed by atoms with Gasteiger partial charge in [0.1, 0.15) is 5.60 Å². The highest BCUT2D eigenvalue weighted by molar-refractivity contribution is 5.99. The number of carbonyl (C=O) groups is 2. The van der Waals surface area contributed by atoms with Crippen LogP contribution in [0.15, 0.2) is 11.8 Å². The molecule has 14 heavy (non-hydrogen) atoms. The summed E-state index contributed by atoms with van der Waals surface area (Å²) in [7, 11) is 0. The first-order valence-corrected chi connectivity index (χ1v) is 4.55. The zero-order valence-electron chi connectivity index (χ0n) is 8.62. The van der Waals surface area contributed by atoms with Gasteiger partial charge in [-0.15, -0.1) is 0 Å². The summed E-state index contributed by atoms with van der Waals surface area (Å²) in [5.41, 5.74) is -0.617. The molecule has 78 valence electrons. The molecule has 1 aliphatic rings. The Kier molecular flexibility index (Phi) is 2.93. The van der Waals surface area contributed by atoms with Crippen molar-refractivity contribution in [2.45, 2.75) is 32.8 Å². The van der Waals surface area contributed by atoms with Gasteiger partial charge in [0.15, 0.2) is 5.78 Å². The predicted molar refractivity (Wildman–Crippen MR) is 49.5 cm³/mol. The molecule has 4 nitrogen and oxygen atoms in total. The first kappa shape index (κ1) is 10.8. The molecule has 0 spiro atoms. The van der Waals surface area contributed by atoms with Gasteiger partial charge in [0.25, 0.3) is 0 Å². The topological polar surface area (TPSA) is 52.6 Å². The van der Waals surface area contributed by atoms with Gasteiger partial charge < -0.3 is 9.47 Å². The zero-order chi connectivity index (χ0) is 10.8. The SMILES string of the molecule is CCOC(=O)C1=CC(=O)CC(C)(C)O1. The normalized spacial score (nSPS) is 19.6. The smallest absolute Gasteiger partial charge is 0.373 e. The van der Waals surface area contributed by atoms with E-state index in [9.17, 15) is 9.59 Å². The molecule has 0 radical (unpaired) electrons. The van der Waals surface area contributed by atoms with E-state index in [1.807, 2.05) is 0 Å². The van der Waals surface area contributed by atoms with Crippen LogP contribution in [-0.4, -0.2) is 24.0 Å². The van der Waals surface area contributed by atoms with Crippen molar-refractivity contribution in [3.8, 4) is 0 Å². The number of allylic oxidation sites excluding steroid dienone is 1. The highest BCUT2D eigenvalue weighted by atomic mass is 16.6. The Hall–Kier alpha value is -1.32. The Labute approximate surface area is 82.9 Å². The van der Waals surface area contributed by atoms with Crippen LogP contribution in [0.2, 0.25) is 0 Å². The molecule has 0 fully saturated rings. The zero-order valence-corrected chi connectivity index (χ0v) is 8.62. The summed E-state index contributed by atoms with van der Waals surface area (Å²) in [6.07, 6.45) is 1.49. The molecule has 1 aliphatic heterocycles. The van der Waals surface area contributed by atoms with Crippen LogP contribution < -0.4 is 0 Å². The average Bonchev–Trinajstić information content (AvgIpc) is 2.00. The van der Waals surface area contributed by atoms with Crippen LogP contribution in [0.3, 0.4) is 0 Å². The molecule has 0 saturated carbocycles. The molecular weight excluding hydrogens is 184 g/mol. The Morgan fingerprint density at radius 3 is 2.79 bits per heavy atom. The van der Waals surface area contributed by atoms with Gasteiger partial charge in [0.2, 0.25) is 5.76 Å². The first-order chi connectivity index (χ1) is 6.44. The maximum Gasteiger partial charge on any atom is 0.373 e. The summed E-state index contributed by atoms with van der Waals surface area (Å²) in [6.45, 7) is 5.50. The lowest BCUT2D eigenvalue weighted by Crippen LogP contribution is -2.33. The van der Waals surface area contributed by atoms with E-state index in [1.165, 1.54) is 6.08 Å². The maximum absolute atomic E-state index is 11.3. The van der Waals surface area contributed by atoms with E-state index in [1.54, 1.807) is 20.8 Å². The second-order valence-electron chi connectivity index (χ2n) is 3.73. The minimum Gasteiger partial charge on any atom is -0.480 e. The van der Waals surface area contributed by atoms with E-state index in [4.69, 9.17) is 9.47 Å². The van der Waals surface area contributed by atoms with E-state index in [-0.39, 0.29) is 24.6 Å². The van der Waals surface area contributed by atoms with Gasteiger partial charge in [-0.25, -0.2) is 4.79 Å². The van der Waals surface area contributed by atoms with Crippen molar-refractivity contribution in [2.75, 3.05) is 6.61 Å². The molecule has 0 atom stereocenters. The molecular formula is C10H14O4. The minimum atomic E-state index is -0.617. The molecule has 4 heteroatoms. The Morgan fingerprint density at radius 1 is 1.64 bits per heavy atom. The number of carbonyl (C=O) groups excluding carboxylic acids is 2. The van der Waals surface area contributed by atoms with E-state index < -0.39 is 11.6 Å². The van der Waals surface area contributed by atoms with Crippen molar-refractivity contribution >= 4 is 11.8 Å². The molecule has 0 saturated heterocycles. The Bertz CT molecular complexity index is 288. The predicted octanol–water partition coefficient (Wildman–Crippen LogP) is 1.20. The second kappa shape index (κ2) is 3.82. The minimum absolute atomic E-state index is 0.00750. The van der Waals surface area contributed by atoms with Gasteiger partial charge in [-0.1, -0.05) is 0 Å². The molecule has 0 N–H and O–H groups in total. The standard InChI is InChI=1S/C10H14O4/c1-4-13-9(12)8-5-7(11)6-10(2,3)14-8/h5H,4,6H2,1-3H3. The lowest BCUT2D eigenvalue weighted by Gasteiger charge is -2.29. The summed E-state index contributed by atoms with van der Waals surface area (Å²) in [5.74, 6) is -0.675. The summed E-state index contributed by atoms with van der Waals surface area (Å²) in [4.78, 5) is 22.5. The lowest BCUT2D eigenvalue weighted by molar-refractivity contribution is -0.148. The molecule has 0 aliphatic carbocycles. The number of ether oxygens (including phenoxy) is 2. The summed E-state index contributed by atoms with van der Waals surface area (Å²) < 4.78 is 10.1. The molecule has 0 bridgehead atoms. The van der Waals surface area contributed by atoms with Crippen LogP contribution in [0.5, 0.6) is 0 Å². The summed E-state index contributed by atoms with van der Waals surface area (Å²) in [6, 6.07) is 0. The van der Waals surface area contributed by atoms with Crippen molar-refractivity contribution in [2.24, 2.45) is 0 Å². The van der Waals surface area contributed by atoms with E-state index in [0.717, 1.165) is 0 Å². The molecule has 0 aromatic carbocycles. The maximum atomic E-state index is 11.3. The fraction of sp³-hybridized carbons (Fsp3) is 0.600. The van der Waals surface area contributed by atoms with Crippen molar-refractivity contribution < 1.29 is 19.1 Å². The fourth-order valence-corrected chi connectivity index (χ4v) is 1.28. The highest BCUT2D eigenvalue weighted by Gasteiger charge is 2.32. The number of hydrogen-bond donors (Lipinski definition) is 0. The van der Waals surface area contributed by atoms with Crippen LogP contribution >= 0.6 is 0 Å². The van der Waals surface area contributed by atoms with Crippen LogP contribution in [0.1, 0.15) is 27.2 Å². The third-order valence-electron chi connectivity index (χ3n) is 1.75. The van der Waals surface area contributed by atoms with Crippen molar-refractivity contribution in [1.29, 1.82) is 0 Å². The monoisotopic (exact) mass is 198 g/mol. The average molecular weight is 198 g/mol. The van der Waals surface area contributed by atoms with Crippen molar-refractivity contribution in [1.82, 2.24) is 0 Å². The Balaban J connectivity index is 2.79. The third-order valence-corrected chi connectivity index (χ3v) is 1.75. The van der Waals surface area contributed by atoms with Gasteiger partial charge in [0.05, 0.1) is 6.61 Å². The van der Waals surface area contributed by atoms with Crippen molar-refractivity contribution in [3.63, 3.8) is 0 Å². The molecule has 0 aromatic rings. The van der Waals surface area contributed by atoms with E-state index in [2.05, 4.69) is 0 Å². The fourth-order valence-electron chi connectivity index (χ4n) is 1.28. The first-order valence-electron chi connectivity index (χ1n) is 4.55. The molecule has 0 amide bonds. The number of hydrogen-bond acceptors (Lipinski definition) is 4. The number of ketones is 1. The molecule has 0 aromatic heterocycles. The largest absolute Gasteiger partial charge is 0.480 e. The van der Waals surface area contributed by atoms with Gasteiger partial charge in [-0.05, 0) is 20.8 Å². The highest BCUT2D eigenvalue weighted by Crippen LogP contribution is 2.24. The van der Waals surface area contributed by atoms with Crippen LogP contribution in [-0.2, 0) is 19.1 Å². The van der Waals surface area contributed by atoms with Crippen LogP contribution in [0.4, 0.5) is 0 Å². The molecule has 0 unspecified atom stereocenters. The number of rotatable bonds is 2. The lowest BCUT2D eigenvalue weighted by atomic mass is 9.98. The van der Waals surface area contributed by atoms with E-state index in [0.29, 0.717) is 0 Å². The van der Waals surface area contributed by atoms with Gasteiger partial charge in [-0.3, -0.25) is 4.79 Å².